The SMILES string of the molecule is CN(C)c1ccc(-c2nnnn2C2COC3C(NC(=O)CC4(CC(=O)O)CCCC4)COC32)cc1. The number of hydrogen-bond donors (Lipinski definition) is 2. The number of nitrogens with zero attached hydrogens (tertiary/aromatic N) is 5. The molecule has 11 heteroatoms. The fourth-order valence-corrected chi connectivity index (χ4v) is 5.79. The average Bonchev–Trinajstić information content (AvgIpc) is 3.59. The van der Waals surface area contributed by atoms with Crippen LogP contribution in [0, 0.1) is 5.41 Å². The van der Waals surface area contributed by atoms with Crippen molar-refractivity contribution in [3.05, 3.63) is 24.3 Å². The molecule has 4 unspecified atom stereocenters. The van der Waals surface area contributed by atoms with Crippen LogP contribution in [0.5, 0.6) is 0 Å². The van der Waals surface area contributed by atoms with Gasteiger partial charge in [0.1, 0.15) is 18.2 Å². The quantitative estimate of drug-likeness (QED) is 0.574. The van der Waals surface area contributed by atoms with Crippen molar-refractivity contribution in [1.82, 2.24) is 25.5 Å². The van der Waals surface area contributed by atoms with Gasteiger partial charge >= 0.3 is 5.97 Å². The Morgan fingerprint density at radius 1 is 1.11 bits per heavy atom. The molecule has 2 aliphatic heterocycles. The number of carboxylic acids is 1. The second-order valence-electron chi connectivity index (χ2n) is 10.2. The van der Waals surface area contributed by atoms with Gasteiger partial charge < -0.3 is 24.8 Å². The number of nitrogens with one attached hydrogen (secondary N) is 1. The van der Waals surface area contributed by atoms with E-state index in [2.05, 4.69) is 20.8 Å². The van der Waals surface area contributed by atoms with Crippen molar-refractivity contribution in [2.45, 2.75) is 62.8 Å². The van der Waals surface area contributed by atoms with E-state index in [0.717, 1.165) is 36.9 Å². The molecule has 0 radical (unpaired) electrons. The Labute approximate surface area is 203 Å². The molecule has 1 saturated carbocycles. The Morgan fingerprint density at radius 3 is 2.51 bits per heavy atom. The molecule has 2 N–H and O–H groups in total. The van der Waals surface area contributed by atoms with Crippen LogP contribution in [0.3, 0.4) is 0 Å². The number of benzene rings is 1. The summed E-state index contributed by atoms with van der Waals surface area (Å²) in [5, 5.41) is 24.7. The number of aliphatic carboxylic acids is 1. The Balaban J connectivity index is 1.25. The van der Waals surface area contributed by atoms with E-state index in [-0.39, 0.29) is 43.0 Å². The van der Waals surface area contributed by atoms with E-state index >= 15 is 0 Å². The van der Waals surface area contributed by atoms with E-state index in [9.17, 15) is 14.7 Å². The molecule has 1 aromatic carbocycles. The molecular weight excluding hydrogens is 452 g/mol. The molecule has 35 heavy (non-hydrogen) atoms. The van der Waals surface area contributed by atoms with Crippen LogP contribution in [0.4, 0.5) is 5.69 Å². The Morgan fingerprint density at radius 2 is 1.83 bits per heavy atom. The standard InChI is InChI=1S/C24H32N6O5/c1-29(2)16-7-5-15(6-8-16)23-26-27-28-30(23)18-14-35-21-17(13-34-22(18)21)25-19(31)11-24(12-20(32)33)9-3-4-10-24/h5-8,17-18,21-22H,3-4,9-14H2,1-2H3,(H,25,31)(H,32,33). The van der Waals surface area contributed by atoms with E-state index < -0.39 is 11.4 Å². The van der Waals surface area contributed by atoms with Crippen molar-refractivity contribution in [1.29, 1.82) is 0 Å². The first kappa shape index (κ1) is 23.7. The minimum atomic E-state index is -0.848. The van der Waals surface area contributed by atoms with Crippen LogP contribution in [-0.4, -0.2) is 82.7 Å². The minimum absolute atomic E-state index is 0.0316. The van der Waals surface area contributed by atoms with Gasteiger partial charge in [0.2, 0.25) is 5.91 Å². The molecule has 2 aromatic rings. The Hall–Kier alpha value is -3.05. The molecule has 188 valence electrons. The normalized spacial score (nSPS) is 27.0. The first-order chi connectivity index (χ1) is 16.8. The fraction of sp³-hybridized carbons (Fsp3) is 0.625. The van der Waals surface area contributed by atoms with E-state index in [1.54, 1.807) is 4.68 Å². The maximum Gasteiger partial charge on any atom is 0.303 e. The number of hydrogen-bond acceptors (Lipinski definition) is 8. The van der Waals surface area contributed by atoms with E-state index in [1.807, 2.05) is 43.3 Å². The topological polar surface area (TPSA) is 132 Å². The molecule has 1 amide bonds. The summed E-state index contributed by atoms with van der Waals surface area (Å²) in [4.78, 5) is 26.3. The maximum absolute atomic E-state index is 12.9. The summed E-state index contributed by atoms with van der Waals surface area (Å²) in [6, 6.07) is 7.50. The molecule has 3 fully saturated rings. The molecule has 1 aromatic heterocycles. The van der Waals surface area contributed by atoms with Crippen molar-refractivity contribution < 1.29 is 24.2 Å². The van der Waals surface area contributed by atoms with E-state index in [0.29, 0.717) is 19.0 Å². The number of carbonyl (C=O) groups is 2. The summed E-state index contributed by atoms with van der Waals surface area (Å²) in [7, 11) is 3.98. The van der Waals surface area contributed by atoms with Gasteiger partial charge in [0.05, 0.1) is 25.7 Å². The van der Waals surface area contributed by atoms with Gasteiger partial charge in [0.25, 0.3) is 0 Å². The van der Waals surface area contributed by atoms with E-state index in [1.165, 1.54) is 0 Å². The van der Waals surface area contributed by atoms with Crippen LogP contribution in [0.15, 0.2) is 24.3 Å². The van der Waals surface area contributed by atoms with Gasteiger partial charge in [-0.15, -0.1) is 5.10 Å². The molecule has 0 bridgehead atoms. The Kier molecular flexibility index (Phi) is 6.45. The Bertz CT molecular complexity index is 1060. The number of amides is 1. The average molecular weight is 485 g/mol. The highest BCUT2D eigenvalue weighted by Gasteiger charge is 2.50. The molecule has 3 aliphatic rings. The lowest BCUT2D eigenvalue weighted by Gasteiger charge is -2.27. The summed E-state index contributed by atoms with van der Waals surface area (Å²) < 4.78 is 13.9. The minimum Gasteiger partial charge on any atom is -0.481 e. The number of carboxylic acid groups (broad SMARTS) is 1. The van der Waals surface area contributed by atoms with Gasteiger partial charge in [-0.05, 0) is 52.9 Å². The van der Waals surface area contributed by atoms with Crippen LogP contribution >= 0.6 is 0 Å². The highest BCUT2D eigenvalue weighted by atomic mass is 16.6. The molecule has 1 aliphatic carbocycles. The lowest BCUT2D eigenvalue weighted by Crippen LogP contribution is -2.45. The number of fused-ring (bicyclic) bond motifs is 1. The highest BCUT2D eigenvalue weighted by molar-refractivity contribution is 5.78. The van der Waals surface area contributed by atoms with Crippen molar-refractivity contribution >= 4 is 17.6 Å². The van der Waals surface area contributed by atoms with Gasteiger partial charge in [-0.1, -0.05) is 12.8 Å². The lowest BCUT2D eigenvalue weighted by molar-refractivity contribution is -0.140. The smallest absolute Gasteiger partial charge is 0.303 e. The van der Waals surface area contributed by atoms with Gasteiger partial charge in [-0.25, -0.2) is 4.68 Å². The summed E-state index contributed by atoms with van der Waals surface area (Å²) >= 11 is 0. The molecule has 5 rings (SSSR count). The lowest BCUT2D eigenvalue weighted by atomic mass is 9.79. The van der Waals surface area contributed by atoms with Crippen molar-refractivity contribution in [2.24, 2.45) is 5.41 Å². The fourth-order valence-electron chi connectivity index (χ4n) is 5.79. The number of aromatic nitrogens is 4. The summed E-state index contributed by atoms with van der Waals surface area (Å²) in [6.07, 6.45) is 3.13. The number of rotatable bonds is 8. The third kappa shape index (κ3) is 4.74. The van der Waals surface area contributed by atoms with Crippen LogP contribution in [0.2, 0.25) is 0 Å². The third-order valence-electron chi connectivity index (χ3n) is 7.55. The first-order valence-electron chi connectivity index (χ1n) is 12.2. The number of tetrazole rings is 1. The largest absolute Gasteiger partial charge is 0.481 e. The maximum atomic E-state index is 12.9. The predicted octanol–water partition coefficient (Wildman–Crippen LogP) is 1.65. The van der Waals surface area contributed by atoms with Gasteiger partial charge in [0, 0.05) is 31.8 Å². The zero-order chi connectivity index (χ0) is 24.6. The molecule has 4 atom stereocenters. The monoisotopic (exact) mass is 484 g/mol. The number of ether oxygens (including phenoxy) is 2. The summed E-state index contributed by atoms with van der Waals surface area (Å²) in [6.45, 7) is 0.705. The first-order valence-corrected chi connectivity index (χ1v) is 12.2. The van der Waals surface area contributed by atoms with Crippen LogP contribution in [-0.2, 0) is 19.1 Å². The zero-order valence-electron chi connectivity index (χ0n) is 20.1. The van der Waals surface area contributed by atoms with Crippen LogP contribution in [0.25, 0.3) is 11.4 Å². The van der Waals surface area contributed by atoms with Gasteiger partial charge in [-0.3, -0.25) is 9.59 Å². The molecule has 11 nitrogen and oxygen atoms in total. The van der Waals surface area contributed by atoms with Gasteiger partial charge in [0.15, 0.2) is 5.82 Å². The van der Waals surface area contributed by atoms with Crippen molar-refractivity contribution in [2.75, 3.05) is 32.2 Å². The number of anilines is 1. The van der Waals surface area contributed by atoms with E-state index in [4.69, 9.17) is 9.47 Å². The molecule has 2 saturated heterocycles. The van der Waals surface area contributed by atoms with Crippen LogP contribution in [0.1, 0.15) is 44.6 Å². The van der Waals surface area contributed by atoms with Gasteiger partial charge in [-0.2, -0.15) is 0 Å². The highest BCUT2D eigenvalue weighted by Crippen LogP contribution is 2.44. The molecule has 0 spiro atoms. The van der Waals surface area contributed by atoms with Crippen LogP contribution < -0.4 is 10.2 Å². The second kappa shape index (κ2) is 9.54. The third-order valence-corrected chi connectivity index (χ3v) is 7.55. The summed E-state index contributed by atoms with van der Waals surface area (Å²) in [5.41, 5.74) is 1.53. The van der Waals surface area contributed by atoms with Crippen molar-refractivity contribution in [3.8, 4) is 11.4 Å². The predicted molar refractivity (Wildman–Crippen MR) is 126 cm³/mol. The summed E-state index contributed by atoms with van der Waals surface area (Å²) in [5.74, 6) is -0.351. The molecular formula is C24H32N6O5. The second-order valence-corrected chi connectivity index (χ2v) is 10.2. The molecule has 3 heterocycles. The zero-order valence-corrected chi connectivity index (χ0v) is 20.1. The number of carbonyl (C=O) groups excluding carboxylic acids is 1. The van der Waals surface area contributed by atoms with Crippen molar-refractivity contribution in [3.63, 3.8) is 0 Å².